The van der Waals surface area contributed by atoms with E-state index in [0.29, 0.717) is 29.6 Å². The highest BCUT2D eigenvalue weighted by Gasteiger charge is 2.26. The number of carbonyl (C=O) groups excluding carboxylic acids is 1. The van der Waals surface area contributed by atoms with Crippen molar-refractivity contribution in [3.8, 4) is 0 Å². The Morgan fingerprint density at radius 1 is 1.56 bits per heavy atom. The lowest BCUT2D eigenvalue weighted by Crippen LogP contribution is -2.41. The monoisotopic (exact) mass is 290 g/mol. The average Bonchev–Trinajstić information content (AvgIpc) is 2.17. The number of thioether (sulfide) groups is 1. The summed E-state index contributed by atoms with van der Waals surface area (Å²) in [5.74, 6) is 0. The molecule has 0 radical (unpaired) electrons. The molecule has 1 heterocycles. The van der Waals surface area contributed by atoms with E-state index >= 15 is 0 Å². The van der Waals surface area contributed by atoms with Gasteiger partial charge in [-0.2, -0.15) is 0 Å². The number of amides is 1. The Morgan fingerprint density at radius 2 is 2.17 bits per heavy atom. The van der Waals surface area contributed by atoms with Gasteiger partial charge in [-0.05, 0) is 27.2 Å². The summed E-state index contributed by atoms with van der Waals surface area (Å²) in [5, 5.41) is 0. The minimum atomic E-state index is -0.491. The summed E-state index contributed by atoms with van der Waals surface area (Å²) in [4.78, 5) is 14.4. The van der Waals surface area contributed by atoms with E-state index in [2.05, 4.69) is 6.58 Å². The van der Waals surface area contributed by atoms with E-state index in [1.165, 1.54) is 11.8 Å². The second-order valence-electron chi connectivity index (χ2n) is 5.06. The molecule has 4 nitrogen and oxygen atoms in total. The molecule has 0 saturated heterocycles. The first-order chi connectivity index (χ1) is 8.19. The van der Waals surface area contributed by atoms with Crippen LogP contribution in [0.2, 0.25) is 0 Å². The van der Waals surface area contributed by atoms with E-state index in [1.54, 1.807) is 4.90 Å². The molecule has 0 aliphatic carbocycles. The number of carbonyl (C=O) groups is 1. The molecule has 0 aromatic carbocycles. The second-order valence-corrected chi connectivity index (χ2v) is 6.93. The molecule has 0 aromatic rings. The summed E-state index contributed by atoms with van der Waals surface area (Å²) in [7, 11) is 0. The van der Waals surface area contributed by atoms with Crippen molar-refractivity contribution in [2.75, 3.05) is 13.1 Å². The molecule has 1 amide bonds. The molecule has 0 saturated carbocycles. The first kappa shape index (κ1) is 15.2. The largest absolute Gasteiger partial charge is 0.444 e. The van der Waals surface area contributed by atoms with Crippen LogP contribution in [0.4, 0.5) is 4.79 Å². The van der Waals surface area contributed by atoms with Gasteiger partial charge in [0, 0.05) is 17.1 Å². The fourth-order valence-electron chi connectivity index (χ4n) is 1.50. The van der Waals surface area contributed by atoms with E-state index in [0.717, 1.165) is 4.91 Å². The zero-order valence-electron chi connectivity index (χ0n) is 11.0. The van der Waals surface area contributed by atoms with E-state index in [9.17, 15) is 4.79 Å². The number of nitrogens with two attached hydrogens (primary N) is 1. The second kappa shape index (κ2) is 5.89. The van der Waals surface area contributed by atoms with E-state index in [4.69, 9.17) is 22.1 Å². The molecule has 102 valence electrons. The minimum absolute atomic E-state index is 0.334. The highest BCUT2D eigenvalue weighted by atomic mass is 35.5. The SMILES string of the molecule is C=C(Cl)SC1=C(N)CN(C(=O)OC(C)(C)C)CC1. The van der Waals surface area contributed by atoms with Crippen molar-refractivity contribution in [3.63, 3.8) is 0 Å². The fourth-order valence-corrected chi connectivity index (χ4v) is 2.44. The van der Waals surface area contributed by atoms with Gasteiger partial charge in [-0.3, -0.25) is 0 Å². The maximum Gasteiger partial charge on any atom is 0.410 e. The van der Waals surface area contributed by atoms with Gasteiger partial charge < -0.3 is 15.4 Å². The third-order valence-corrected chi connectivity index (χ3v) is 3.38. The van der Waals surface area contributed by atoms with Crippen LogP contribution in [0, 0.1) is 0 Å². The molecule has 0 fully saturated rings. The normalized spacial score (nSPS) is 16.8. The number of ether oxygens (including phenoxy) is 1. The van der Waals surface area contributed by atoms with Crippen molar-refractivity contribution in [2.24, 2.45) is 5.73 Å². The van der Waals surface area contributed by atoms with Crippen LogP contribution < -0.4 is 5.73 Å². The Morgan fingerprint density at radius 3 is 2.61 bits per heavy atom. The van der Waals surface area contributed by atoms with Crippen molar-refractivity contribution >= 4 is 29.5 Å². The Kier molecular flexibility index (Phi) is 4.99. The van der Waals surface area contributed by atoms with Gasteiger partial charge in [0.25, 0.3) is 0 Å². The standard InChI is InChI=1S/C12H19ClN2O2S/c1-8(13)18-10-5-6-15(7-9(10)14)11(16)17-12(2,3)4/h1,5-7,14H2,2-4H3. The van der Waals surface area contributed by atoms with Crippen molar-refractivity contribution in [1.29, 1.82) is 0 Å². The maximum atomic E-state index is 11.9. The van der Waals surface area contributed by atoms with Crippen LogP contribution in [0.1, 0.15) is 27.2 Å². The van der Waals surface area contributed by atoms with Gasteiger partial charge in [-0.1, -0.05) is 29.9 Å². The van der Waals surface area contributed by atoms with E-state index in [1.807, 2.05) is 20.8 Å². The lowest BCUT2D eigenvalue weighted by atomic mass is 10.2. The van der Waals surface area contributed by atoms with Gasteiger partial charge in [-0.25, -0.2) is 4.79 Å². The number of rotatable bonds is 2. The molecule has 0 aromatic heterocycles. The van der Waals surface area contributed by atoms with Crippen LogP contribution in [0.15, 0.2) is 21.5 Å². The molecular weight excluding hydrogens is 272 g/mol. The van der Waals surface area contributed by atoms with Gasteiger partial charge in [-0.15, -0.1) is 0 Å². The fraction of sp³-hybridized carbons (Fsp3) is 0.583. The van der Waals surface area contributed by atoms with Crippen LogP contribution in [-0.2, 0) is 4.74 Å². The molecular formula is C12H19ClN2O2S. The zero-order chi connectivity index (χ0) is 13.9. The summed E-state index contributed by atoms with van der Waals surface area (Å²) in [6, 6.07) is 0. The van der Waals surface area contributed by atoms with Crippen LogP contribution in [-0.4, -0.2) is 29.7 Å². The third kappa shape index (κ3) is 4.82. The molecule has 0 bridgehead atoms. The summed E-state index contributed by atoms with van der Waals surface area (Å²) in [5.41, 5.74) is 6.09. The van der Waals surface area contributed by atoms with Crippen molar-refractivity contribution in [1.82, 2.24) is 4.90 Å². The number of hydrogen-bond acceptors (Lipinski definition) is 4. The lowest BCUT2D eigenvalue weighted by molar-refractivity contribution is 0.0261. The summed E-state index contributed by atoms with van der Waals surface area (Å²) in [6.07, 6.45) is 0.348. The summed E-state index contributed by atoms with van der Waals surface area (Å²) in [6.45, 7) is 10.1. The topological polar surface area (TPSA) is 55.6 Å². The van der Waals surface area contributed by atoms with Gasteiger partial charge in [0.15, 0.2) is 0 Å². The zero-order valence-corrected chi connectivity index (χ0v) is 12.5. The molecule has 2 N–H and O–H groups in total. The van der Waals surface area contributed by atoms with Crippen LogP contribution in [0.25, 0.3) is 0 Å². The molecule has 18 heavy (non-hydrogen) atoms. The smallest absolute Gasteiger partial charge is 0.410 e. The molecule has 0 spiro atoms. The van der Waals surface area contributed by atoms with Gasteiger partial charge in [0.2, 0.25) is 0 Å². The molecule has 1 rings (SSSR count). The Labute approximate surface area is 117 Å². The summed E-state index contributed by atoms with van der Waals surface area (Å²) < 4.78 is 5.79. The van der Waals surface area contributed by atoms with Crippen molar-refractivity contribution < 1.29 is 9.53 Å². The molecule has 0 atom stereocenters. The number of nitrogens with zero attached hydrogens (tertiary/aromatic N) is 1. The minimum Gasteiger partial charge on any atom is -0.444 e. The Balaban J connectivity index is 2.63. The molecule has 1 aliphatic rings. The van der Waals surface area contributed by atoms with Crippen molar-refractivity contribution in [2.45, 2.75) is 32.8 Å². The number of hydrogen-bond donors (Lipinski definition) is 1. The van der Waals surface area contributed by atoms with E-state index in [-0.39, 0.29) is 6.09 Å². The first-order valence-electron chi connectivity index (χ1n) is 5.67. The average molecular weight is 291 g/mol. The van der Waals surface area contributed by atoms with Crippen LogP contribution >= 0.6 is 23.4 Å². The van der Waals surface area contributed by atoms with Crippen LogP contribution in [0.5, 0.6) is 0 Å². The highest BCUT2D eigenvalue weighted by Crippen LogP contribution is 2.33. The van der Waals surface area contributed by atoms with E-state index < -0.39 is 5.60 Å². The van der Waals surface area contributed by atoms with Crippen LogP contribution in [0.3, 0.4) is 0 Å². The van der Waals surface area contributed by atoms with Gasteiger partial charge in [0.05, 0.1) is 10.9 Å². The summed E-state index contributed by atoms with van der Waals surface area (Å²) >= 11 is 7.09. The third-order valence-electron chi connectivity index (χ3n) is 2.21. The predicted octanol–water partition coefficient (Wildman–Crippen LogP) is 3.24. The number of halogens is 1. The Bertz CT molecular complexity index is 388. The first-order valence-corrected chi connectivity index (χ1v) is 6.86. The van der Waals surface area contributed by atoms with Crippen molar-refractivity contribution in [3.05, 3.63) is 21.5 Å². The molecule has 1 aliphatic heterocycles. The maximum absolute atomic E-state index is 11.9. The molecule has 6 heteroatoms. The van der Waals surface area contributed by atoms with Gasteiger partial charge >= 0.3 is 6.09 Å². The highest BCUT2D eigenvalue weighted by molar-refractivity contribution is 8.08. The Hall–Kier alpha value is -0.810. The predicted molar refractivity (Wildman–Crippen MR) is 76.2 cm³/mol. The molecule has 0 unspecified atom stereocenters. The van der Waals surface area contributed by atoms with Gasteiger partial charge in [0.1, 0.15) is 5.60 Å². The quantitative estimate of drug-likeness (QED) is 0.848. The lowest BCUT2D eigenvalue weighted by Gasteiger charge is -2.31.